The summed E-state index contributed by atoms with van der Waals surface area (Å²) in [6, 6.07) is 17.4. The average Bonchev–Trinajstić information content (AvgIpc) is 3.14. The Morgan fingerprint density at radius 1 is 1.08 bits per heavy atom. The van der Waals surface area contributed by atoms with E-state index in [2.05, 4.69) is 10.3 Å². The highest BCUT2D eigenvalue weighted by atomic mass is 32.2. The van der Waals surface area contributed by atoms with Crippen LogP contribution in [0.25, 0.3) is 4.96 Å². The molecule has 1 N–H and O–H groups in total. The molecule has 2 aromatic heterocycles. The lowest BCUT2D eigenvalue weighted by Gasteiger charge is -2.10. The Hall–Kier alpha value is -2.90. The van der Waals surface area contributed by atoms with Crippen molar-refractivity contribution in [3.8, 4) is 0 Å². The molecule has 0 aliphatic heterocycles. The van der Waals surface area contributed by atoms with Gasteiger partial charge in [0, 0.05) is 27.6 Å². The fourth-order valence-corrected chi connectivity index (χ4v) is 4.04. The zero-order chi connectivity index (χ0) is 17.9. The van der Waals surface area contributed by atoms with Gasteiger partial charge in [0.25, 0.3) is 11.5 Å². The van der Waals surface area contributed by atoms with Crippen LogP contribution in [0.2, 0.25) is 0 Å². The van der Waals surface area contributed by atoms with Gasteiger partial charge in [0.05, 0.1) is 5.69 Å². The van der Waals surface area contributed by atoms with Gasteiger partial charge in [-0.3, -0.25) is 14.0 Å². The van der Waals surface area contributed by atoms with Crippen molar-refractivity contribution in [2.45, 2.75) is 9.79 Å². The van der Waals surface area contributed by atoms with Crippen LogP contribution < -0.4 is 10.9 Å². The number of para-hydroxylation sites is 1. The van der Waals surface area contributed by atoms with Crippen molar-refractivity contribution in [1.29, 1.82) is 0 Å². The molecular formula is C19H13N3O2S2. The van der Waals surface area contributed by atoms with Crippen LogP contribution in [0.4, 0.5) is 5.69 Å². The third-order valence-corrected chi connectivity index (χ3v) is 5.55. The number of hydrogen-bond donors (Lipinski definition) is 1. The van der Waals surface area contributed by atoms with E-state index >= 15 is 0 Å². The number of hydrogen-bond acceptors (Lipinski definition) is 5. The van der Waals surface area contributed by atoms with Crippen LogP contribution in [0, 0.1) is 0 Å². The van der Waals surface area contributed by atoms with Gasteiger partial charge in [0.15, 0.2) is 4.96 Å². The molecule has 2 heterocycles. The van der Waals surface area contributed by atoms with Crippen LogP contribution in [0.15, 0.2) is 87.0 Å². The molecule has 0 unspecified atom stereocenters. The number of carbonyl (C=O) groups is 1. The number of nitrogens with one attached hydrogen (secondary N) is 1. The van der Waals surface area contributed by atoms with Crippen LogP contribution in [-0.4, -0.2) is 15.3 Å². The molecule has 7 heteroatoms. The number of benzene rings is 2. The van der Waals surface area contributed by atoms with E-state index in [0.29, 0.717) is 10.6 Å². The third kappa shape index (κ3) is 3.26. The molecule has 1 amide bonds. The van der Waals surface area contributed by atoms with Crippen LogP contribution in [0.1, 0.15) is 10.4 Å². The summed E-state index contributed by atoms with van der Waals surface area (Å²) in [6.45, 7) is 0. The predicted octanol–water partition coefficient (Wildman–Crippen LogP) is 4.16. The fourth-order valence-electron chi connectivity index (χ4n) is 2.44. The summed E-state index contributed by atoms with van der Waals surface area (Å²) in [5.41, 5.74) is 0.295. The highest BCUT2D eigenvalue weighted by Gasteiger charge is 2.15. The summed E-state index contributed by atoms with van der Waals surface area (Å²) >= 11 is 2.89. The Labute approximate surface area is 157 Å². The maximum Gasteiger partial charge on any atom is 0.271 e. The largest absolute Gasteiger partial charge is 0.321 e. The van der Waals surface area contributed by atoms with Gasteiger partial charge in [-0.1, -0.05) is 42.1 Å². The summed E-state index contributed by atoms with van der Waals surface area (Å²) in [6.07, 6.45) is 2.95. The van der Waals surface area contributed by atoms with E-state index in [-0.39, 0.29) is 11.1 Å². The fraction of sp³-hybridized carbons (Fsp3) is 0. The van der Waals surface area contributed by atoms with Gasteiger partial charge in [0.2, 0.25) is 0 Å². The lowest BCUT2D eigenvalue weighted by atomic mass is 10.2. The van der Waals surface area contributed by atoms with E-state index in [9.17, 15) is 9.59 Å². The second-order valence-corrected chi connectivity index (χ2v) is 7.39. The minimum atomic E-state index is -0.468. The van der Waals surface area contributed by atoms with E-state index in [1.807, 2.05) is 54.6 Å². The molecule has 0 aliphatic carbocycles. The number of amides is 1. The minimum absolute atomic E-state index is 0.0143. The van der Waals surface area contributed by atoms with Crippen LogP contribution in [0.3, 0.4) is 0 Å². The van der Waals surface area contributed by atoms with Crippen molar-refractivity contribution in [1.82, 2.24) is 9.38 Å². The summed E-state index contributed by atoms with van der Waals surface area (Å²) in [5, 5.41) is 4.60. The first-order valence-electron chi connectivity index (χ1n) is 7.80. The Morgan fingerprint density at radius 3 is 2.69 bits per heavy atom. The van der Waals surface area contributed by atoms with Crippen molar-refractivity contribution in [3.63, 3.8) is 0 Å². The molecular weight excluding hydrogens is 366 g/mol. The molecule has 128 valence electrons. The van der Waals surface area contributed by atoms with Crippen LogP contribution in [-0.2, 0) is 0 Å². The highest BCUT2D eigenvalue weighted by Crippen LogP contribution is 2.33. The number of rotatable bonds is 4. The molecule has 0 aliphatic rings. The summed E-state index contributed by atoms with van der Waals surface area (Å²) in [7, 11) is 0. The Kier molecular flexibility index (Phi) is 4.55. The maximum atomic E-state index is 12.6. The van der Waals surface area contributed by atoms with Crippen molar-refractivity contribution in [3.05, 3.63) is 88.3 Å². The number of nitrogens with zero attached hydrogens (tertiary/aromatic N) is 2. The van der Waals surface area contributed by atoms with E-state index in [1.54, 1.807) is 23.3 Å². The van der Waals surface area contributed by atoms with Crippen molar-refractivity contribution < 1.29 is 4.79 Å². The van der Waals surface area contributed by atoms with Crippen molar-refractivity contribution >= 4 is 39.7 Å². The smallest absolute Gasteiger partial charge is 0.271 e. The molecule has 5 nitrogen and oxygen atoms in total. The molecule has 0 radical (unpaired) electrons. The van der Waals surface area contributed by atoms with Crippen LogP contribution in [0.5, 0.6) is 0 Å². The van der Waals surface area contributed by atoms with Crippen LogP contribution >= 0.6 is 23.1 Å². The predicted molar refractivity (Wildman–Crippen MR) is 104 cm³/mol. The van der Waals surface area contributed by atoms with Gasteiger partial charge in [-0.15, -0.1) is 11.3 Å². The monoisotopic (exact) mass is 379 g/mol. The number of carbonyl (C=O) groups excluding carboxylic acids is 1. The standard InChI is InChI=1S/C19H13N3O2S2/c23-17(14-12-20-19-22(18(14)24)10-11-25-19)21-15-8-4-5-9-16(15)26-13-6-2-1-3-7-13/h1-12H,(H,21,23). The first-order chi connectivity index (χ1) is 12.7. The second kappa shape index (κ2) is 7.15. The van der Waals surface area contributed by atoms with E-state index in [0.717, 1.165) is 9.79 Å². The molecule has 0 fully saturated rings. The molecule has 2 aromatic carbocycles. The Morgan fingerprint density at radius 2 is 1.85 bits per heavy atom. The van der Waals surface area contributed by atoms with Gasteiger partial charge >= 0.3 is 0 Å². The van der Waals surface area contributed by atoms with Gasteiger partial charge in [-0.2, -0.15) is 0 Å². The second-order valence-electron chi connectivity index (χ2n) is 5.40. The molecule has 0 atom stereocenters. The van der Waals surface area contributed by atoms with Crippen molar-refractivity contribution in [2.75, 3.05) is 5.32 Å². The van der Waals surface area contributed by atoms with Gasteiger partial charge in [0.1, 0.15) is 5.56 Å². The Balaban J connectivity index is 1.63. The zero-order valence-electron chi connectivity index (χ0n) is 13.5. The Bertz CT molecular complexity index is 1140. The number of thiazole rings is 1. The minimum Gasteiger partial charge on any atom is -0.321 e. The molecule has 0 saturated carbocycles. The summed E-state index contributed by atoms with van der Waals surface area (Å²) < 4.78 is 1.38. The number of aromatic nitrogens is 2. The summed E-state index contributed by atoms with van der Waals surface area (Å²) in [5.74, 6) is -0.468. The highest BCUT2D eigenvalue weighted by molar-refractivity contribution is 7.99. The zero-order valence-corrected chi connectivity index (χ0v) is 15.1. The normalized spacial score (nSPS) is 10.8. The quantitative estimate of drug-likeness (QED) is 0.578. The van der Waals surface area contributed by atoms with Gasteiger partial charge in [-0.25, -0.2) is 4.98 Å². The van der Waals surface area contributed by atoms with E-state index in [4.69, 9.17) is 0 Å². The van der Waals surface area contributed by atoms with E-state index in [1.165, 1.54) is 21.9 Å². The van der Waals surface area contributed by atoms with Gasteiger partial charge in [-0.05, 0) is 24.3 Å². The molecule has 0 saturated heterocycles. The molecule has 0 spiro atoms. The number of fused-ring (bicyclic) bond motifs is 1. The van der Waals surface area contributed by atoms with E-state index < -0.39 is 5.91 Å². The lowest BCUT2D eigenvalue weighted by molar-refractivity contribution is 0.102. The first-order valence-corrected chi connectivity index (χ1v) is 9.50. The molecule has 4 aromatic rings. The maximum absolute atomic E-state index is 12.6. The lowest BCUT2D eigenvalue weighted by Crippen LogP contribution is -2.26. The average molecular weight is 379 g/mol. The SMILES string of the molecule is O=C(Nc1ccccc1Sc1ccccc1)c1cnc2sccn2c1=O. The van der Waals surface area contributed by atoms with Crippen molar-refractivity contribution in [2.24, 2.45) is 0 Å². The topological polar surface area (TPSA) is 63.5 Å². The van der Waals surface area contributed by atoms with Gasteiger partial charge < -0.3 is 5.32 Å². The molecule has 0 bridgehead atoms. The third-order valence-electron chi connectivity index (χ3n) is 3.69. The number of anilines is 1. The molecule has 4 rings (SSSR count). The summed E-state index contributed by atoms with van der Waals surface area (Å²) in [4.78, 5) is 31.8. The first kappa shape index (κ1) is 16.6. The molecule has 26 heavy (non-hydrogen) atoms.